The molecule has 1 aliphatic carbocycles. The van der Waals surface area contributed by atoms with Crippen molar-refractivity contribution in [1.82, 2.24) is 10.6 Å². The normalized spacial score (nSPS) is 19.9. The van der Waals surface area contributed by atoms with Crippen LogP contribution in [-0.2, 0) is 22.7 Å². The van der Waals surface area contributed by atoms with Gasteiger partial charge in [0.15, 0.2) is 0 Å². The van der Waals surface area contributed by atoms with Gasteiger partial charge >= 0.3 is 0 Å². The van der Waals surface area contributed by atoms with Gasteiger partial charge in [-0.3, -0.25) is 9.59 Å². The largest absolute Gasteiger partial charge is 0.352 e. The second-order valence-corrected chi connectivity index (χ2v) is 9.13. The molecular formula is C23H26Cl2N2O2. The summed E-state index contributed by atoms with van der Waals surface area (Å²) in [4.78, 5) is 24.9. The van der Waals surface area contributed by atoms with Crippen molar-refractivity contribution in [3.63, 3.8) is 0 Å². The van der Waals surface area contributed by atoms with Crippen LogP contribution in [0.1, 0.15) is 37.8 Å². The van der Waals surface area contributed by atoms with Gasteiger partial charge in [-0.1, -0.05) is 61.3 Å². The van der Waals surface area contributed by atoms with Crippen LogP contribution in [0.4, 0.5) is 0 Å². The van der Waals surface area contributed by atoms with Gasteiger partial charge in [0, 0.05) is 35.5 Å². The van der Waals surface area contributed by atoms with Crippen molar-refractivity contribution < 1.29 is 9.59 Å². The summed E-state index contributed by atoms with van der Waals surface area (Å²) in [5.41, 5.74) is 1.81. The number of carbonyl (C=O) groups excluding carboxylic acids is 2. The summed E-state index contributed by atoms with van der Waals surface area (Å²) in [6.07, 6.45) is 1.16. The van der Waals surface area contributed by atoms with Crippen molar-refractivity contribution in [3.05, 3.63) is 69.7 Å². The molecule has 3 rings (SSSR count). The monoisotopic (exact) mass is 432 g/mol. The second kappa shape index (κ2) is 9.19. The van der Waals surface area contributed by atoms with Crippen LogP contribution in [0.25, 0.3) is 0 Å². The molecule has 0 heterocycles. The highest BCUT2D eigenvalue weighted by Crippen LogP contribution is 2.52. The molecule has 154 valence electrons. The maximum absolute atomic E-state index is 12.6. The number of halogens is 2. The van der Waals surface area contributed by atoms with Gasteiger partial charge in [-0.25, -0.2) is 0 Å². The molecule has 29 heavy (non-hydrogen) atoms. The van der Waals surface area contributed by atoms with Crippen molar-refractivity contribution in [2.24, 2.45) is 17.3 Å². The average Bonchev–Trinajstić information content (AvgIpc) is 2.69. The molecule has 2 N–H and O–H groups in total. The molecule has 2 atom stereocenters. The zero-order valence-electron chi connectivity index (χ0n) is 16.7. The molecule has 6 heteroatoms. The summed E-state index contributed by atoms with van der Waals surface area (Å²) < 4.78 is 0. The highest BCUT2D eigenvalue weighted by atomic mass is 35.5. The highest BCUT2D eigenvalue weighted by molar-refractivity contribution is 6.30. The lowest BCUT2D eigenvalue weighted by Gasteiger charge is -2.51. The Labute approximate surface area is 182 Å². The van der Waals surface area contributed by atoms with Gasteiger partial charge in [0.2, 0.25) is 11.8 Å². The first-order chi connectivity index (χ1) is 13.8. The number of amides is 2. The van der Waals surface area contributed by atoms with Crippen molar-refractivity contribution >= 4 is 35.0 Å². The number of hydrogen-bond acceptors (Lipinski definition) is 2. The average molecular weight is 433 g/mol. The minimum Gasteiger partial charge on any atom is -0.352 e. The quantitative estimate of drug-likeness (QED) is 0.647. The Bertz CT molecular complexity index is 863. The Morgan fingerprint density at radius 2 is 1.38 bits per heavy atom. The molecule has 0 unspecified atom stereocenters. The standard InChI is InChI=1S/C23H26Cl2N2O2/c1-23(2)17(12-21(28)26-13-15-3-7-18(24)8-4-15)11-20(23)22(29)27-14-16-5-9-19(25)10-6-16/h3-10,17,20H,11-14H2,1-2H3,(H,26,28)(H,27,29)/t17-,20+/m0/s1. The Morgan fingerprint density at radius 3 is 1.86 bits per heavy atom. The lowest BCUT2D eigenvalue weighted by molar-refractivity contribution is -0.144. The molecule has 2 amide bonds. The first-order valence-corrected chi connectivity index (χ1v) is 10.5. The number of nitrogens with one attached hydrogen (secondary N) is 2. The molecular weight excluding hydrogens is 407 g/mol. The van der Waals surface area contributed by atoms with E-state index >= 15 is 0 Å². The van der Waals surface area contributed by atoms with Crippen molar-refractivity contribution in [2.45, 2.75) is 39.8 Å². The van der Waals surface area contributed by atoms with Gasteiger partial charge in [-0.15, -0.1) is 0 Å². The topological polar surface area (TPSA) is 58.2 Å². The Kier molecular flexibility index (Phi) is 6.86. The van der Waals surface area contributed by atoms with E-state index in [-0.39, 0.29) is 29.1 Å². The summed E-state index contributed by atoms with van der Waals surface area (Å²) >= 11 is 11.8. The third kappa shape index (κ3) is 5.52. The SMILES string of the molecule is CC1(C)[C@H](CC(=O)NCc2ccc(Cl)cc2)C[C@@H]1C(=O)NCc1ccc(Cl)cc1. The van der Waals surface area contributed by atoms with Gasteiger partial charge in [0.05, 0.1) is 0 Å². The predicted molar refractivity (Wildman–Crippen MR) is 117 cm³/mol. The Morgan fingerprint density at radius 1 is 0.897 bits per heavy atom. The van der Waals surface area contributed by atoms with Crippen LogP contribution in [0, 0.1) is 17.3 Å². The van der Waals surface area contributed by atoms with E-state index in [0.717, 1.165) is 17.5 Å². The lowest BCUT2D eigenvalue weighted by Crippen LogP contribution is -2.53. The smallest absolute Gasteiger partial charge is 0.223 e. The van der Waals surface area contributed by atoms with E-state index in [9.17, 15) is 9.59 Å². The third-order valence-electron chi connectivity index (χ3n) is 6.00. The minimum absolute atomic E-state index is 0.0121. The zero-order chi connectivity index (χ0) is 21.0. The molecule has 2 aromatic rings. The van der Waals surface area contributed by atoms with E-state index in [0.29, 0.717) is 29.6 Å². The fraction of sp³-hybridized carbons (Fsp3) is 0.391. The van der Waals surface area contributed by atoms with E-state index in [1.54, 1.807) is 0 Å². The van der Waals surface area contributed by atoms with Gasteiger partial charge in [-0.2, -0.15) is 0 Å². The molecule has 1 aliphatic rings. The summed E-state index contributed by atoms with van der Waals surface area (Å²) in [6.45, 7) is 5.10. The highest BCUT2D eigenvalue weighted by Gasteiger charge is 2.51. The lowest BCUT2D eigenvalue weighted by atomic mass is 9.53. The maximum atomic E-state index is 12.6. The molecule has 1 fully saturated rings. The van der Waals surface area contributed by atoms with E-state index in [2.05, 4.69) is 24.5 Å². The van der Waals surface area contributed by atoms with Crippen LogP contribution in [0.5, 0.6) is 0 Å². The molecule has 0 spiro atoms. The summed E-state index contributed by atoms with van der Waals surface area (Å²) in [5.74, 6) is 0.170. The van der Waals surface area contributed by atoms with Crippen molar-refractivity contribution in [1.29, 1.82) is 0 Å². The van der Waals surface area contributed by atoms with Crippen LogP contribution in [0.15, 0.2) is 48.5 Å². The fourth-order valence-electron chi connectivity index (χ4n) is 3.82. The van der Waals surface area contributed by atoms with Crippen LogP contribution in [-0.4, -0.2) is 11.8 Å². The van der Waals surface area contributed by atoms with Crippen LogP contribution in [0.3, 0.4) is 0 Å². The molecule has 2 aromatic carbocycles. The minimum atomic E-state index is -0.207. The molecule has 0 saturated heterocycles. The van der Waals surface area contributed by atoms with E-state index in [1.165, 1.54) is 0 Å². The van der Waals surface area contributed by atoms with Gasteiger partial charge in [-0.05, 0) is 53.1 Å². The van der Waals surface area contributed by atoms with Crippen LogP contribution in [0.2, 0.25) is 10.0 Å². The molecule has 0 bridgehead atoms. The summed E-state index contributed by atoms with van der Waals surface area (Å²) in [7, 11) is 0. The zero-order valence-corrected chi connectivity index (χ0v) is 18.2. The van der Waals surface area contributed by atoms with E-state index in [4.69, 9.17) is 23.2 Å². The molecule has 1 saturated carbocycles. The first kappa shape index (κ1) is 21.7. The molecule has 0 aliphatic heterocycles. The molecule has 0 radical (unpaired) electrons. The first-order valence-electron chi connectivity index (χ1n) is 9.79. The number of carbonyl (C=O) groups is 2. The molecule has 4 nitrogen and oxygen atoms in total. The Hall–Kier alpha value is -2.04. The number of benzene rings is 2. The van der Waals surface area contributed by atoms with Gasteiger partial charge in [0.1, 0.15) is 0 Å². The van der Waals surface area contributed by atoms with Crippen LogP contribution >= 0.6 is 23.2 Å². The maximum Gasteiger partial charge on any atom is 0.223 e. The Balaban J connectivity index is 1.44. The van der Waals surface area contributed by atoms with Crippen molar-refractivity contribution in [3.8, 4) is 0 Å². The fourth-order valence-corrected chi connectivity index (χ4v) is 4.07. The summed E-state index contributed by atoms with van der Waals surface area (Å²) in [5, 5.41) is 7.32. The van der Waals surface area contributed by atoms with Crippen LogP contribution < -0.4 is 10.6 Å². The summed E-state index contributed by atoms with van der Waals surface area (Å²) in [6, 6.07) is 14.9. The van der Waals surface area contributed by atoms with E-state index in [1.807, 2.05) is 48.5 Å². The second-order valence-electron chi connectivity index (χ2n) is 8.26. The predicted octanol–water partition coefficient (Wildman–Crippen LogP) is 4.98. The van der Waals surface area contributed by atoms with Gasteiger partial charge < -0.3 is 10.6 Å². The number of hydrogen-bond donors (Lipinski definition) is 2. The van der Waals surface area contributed by atoms with E-state index < -0.39 is 0 Å². The number of rotatable bonds is 7. The third-order valence-corrected chi connectivity index (χ3v) is 6.51. The van der Waals surface area contributed by atoms with Gasteiger partial charge in [0.25, 0.3) is 0 Å². The van der Waals surface area contributed by atoms with Crippen molar-refractivity contribution in [2.75, 3.05) is 0 Å². The molecule has 0 aromatic heterocycles.